The minimum atomic E-state index is -1.23. The number of thiophene rings is 1. The molecule has 229 valence electrons. The Hall–Kier alpha value is -3.67. The van der Waals surface area contributed by atoms with Gasteiger partial charge in [-0.25, -0.2) is 0 Å². The summed E-state index contributed by atoms with van der Waals surface area (Å²) in [4.78, 5) is 9.12. The predicted molar refractivity (Wildman–Crippen MR) is 191 cm³/mol. The van der Waals surface area contributed by atoms with Gasteiger partial charge < -0.3 is 14.7 Å². The second kappa shape index (κ2) is 13.8. The average molecular weight is 802 g/mol. The van der Waals surface area contributed by atoms with Gasteiger partial charge in [-0.3, -0.25) is 0 Å². The van der Waals surface area contributed by atoms with Crippen molar-refractivity contribution >= 4 is 55.5 Å². The van der Waals surface area contributed by atoms with E-state index in [4.69, 9.17) is 6.11 Å². The van der Waals surface area contributed by atoms with Crippen molar-refractivity contribution in [3.63, 3.8) is 0 Å². The number of hydrogen-bond acceptors (Lipinski definition) is 4. The third-order valence-electron chi connectivity index (χ3n) is 7.83. The van der Waals surface area contributed by atoms with Gasteiger partial charge in [0.05, 0.1) is 15.2 Å². The summed E-state index contributed by atoms with van der Waals surface area (Å²) in [5.74, 6) is 0.201. The molecule has 0 aliphatic heterocycles. The largest absolute Gasteiger partial charge is 0.497 e. The molecular weight excluding hydrogens is 765 g/mol. The zero-order valence-corrected chi connectivity index (χ0v) is 30.6. The van der Waals surface area contributed by atoms with Gasteiger partial charge in [0.1, 0.15) is 5.75 Å². The van der Waals surface area contributed by atoms with Crippen LogP contribution in [-0.2, 0) is 20.1 Å². The molecule has 3 aromatic heterocycles. The third kappa shape index (κ3) is 6.95. The van der Waals surface area contributed by atoms with Crippen LogP contribution in [0, 0.1) is 12.1 Å². The Morgan fingerprint density at radius 1 is 0.800 bits per heavy atom. The molecule has 3 heterocycles. The summed E-state index contributed by atoms with van der Waals surface area (Å²) >= 11 is 1.78. The van der Waals surface area contributed by atoms with Gasteiger partial charge in [0.15, 0.2) is 0 Å². The van der Waals surface area contributed by atoms with Crippen molar-refractivity contribution in [2.75, 3.05) is 7.11 Å². The van der Waals surface area contributed by atoms with Crippen LogP contribution < -0.4 is 9.92 Å². The van der Waals surface area contributed by atoms with Crippen molar-refractivity contribution in [2.24, 2.45) is 0 Å². The van der Waals surface area contributed by atoms with E-state index >= 15 is 0 Å². The maximum atomic E-state index is 8.36. The van der Waals surface area contributed by atoms with Gasteiger partial charge in [-0.15, -0.1) is 59.7 Å². The minimum Gasteiger partial charge on any atom is -0.497 e. The Morgan fingerprint density at radius 2 is 1.60 bits per heavy atom. The Morgan fingerprint density at radius 3 is 2.29 bits per heavy atom. The van der Waals surface area contributed by atoms with E-state index in [1.165, 1.54) is 36.1 Å². The van der Waals surface area contributed by atoms with E-state index in [1.54, 1.807) is 24.6 Å². The number of benzene rings is 4. The molecule has 45 heavy (non-hydrogen) atoms. The van der Waals surface area contributed by atoms with E-state index in [0.29, 0.717) is 0 Å². The molecule has 0 aliphatic rings. The molecular formula is C39H36IrN2OSSi-2. The van der Waals surface area contributed by atoms with E-state index in [2.05, 4.69) is 84.2 Å². The van der Waals surface area contributed by atoms with Gasteiger partial charge in [-0.1, -0.05) is 74.8 Å². The molecule has 0 N–H and O–H groups in total. The monoisotopic (exact) mass is 802 g/mol. The normalized spacial score (nSPS) is 11.9. The Bertz CT molecular complexity index is 2120. The average Bonchev–Trinajstić information content (AvgIpc) is 3.44. The summed E-state index contributed by atoms with van der Waals surface area (Å²) in [6, 6.07) is 37.5. The Kier molecular flexibility index (Phi) is 9.57. The molecule has 1 radical (unpaired) electrons. The summed E-state index contributed by atoms with van der Waals surface area (Å²) in [7, 11) is 0.465. The molecule has 7 rings (SSSR count). The van der Waals surface area contributed by atoms with Crippen molar-refractivity contribution in [3.8, 4) is 28.3 Å². The van der Waals surface area contributed by atoms with Crippen LogP contribution in [0.15, 0.2) is 103 Å². The molecule has 0 fully saturated rings. The first-order chi connectivity index (χ1) is 21.5. The van der Waals surface area contributed by atoms with Gasteiger partial charge in [0, 0.05) is 38.6 Å². The van der Waals surface area contributed by atoms with E-state index in [0.717, 1.165) is 33.8 Å². The molecule has 6 heteroatoms. The van der Waals surface area contributed by atoms with E-state index in [-0.39, 0.29) is 20.1 Å². The van der Waals surface area contributed by atoms with Crippen LogP contribution in [0.25, 0.3) is 53.5 Å². The molecule has 0 atom stereocenters. The minimum absolute atomic E-state index is 0. The summed E-state index contributed by atoms with van der Waals surface area (Å²) in [5, 5.41) is 6.25. The quantitative estimate of drug-likeness (QED) is 0.128. The topological polar surface area (TPSA) is 35.0 Å². The first-order valence-electron chi connectivity index (χ1n) is 15.3. The molecule has 0 saturated heterocycles. The number of nitrogens with zero attached hydrogens (tertiary/aromatic N) is 2. The molecule has 3 nitrogen and oxygen atoms in total. The SMILES string of the molecule is C[Si](C)(C)c1ccc(-c2[c-]cccc2)nc1.[2H]C(C)(C)c1ccnc(-c2[c-]ccc3c2sc2c4ccc(OC)cc4ccc32)c1.[Ir]. The van der Waals surface area contributed by atoms with Crippen LogP contribution in [-0.4, -0.2) is 25.2 Å². The number of aromatic nitrogens is 2. The van der Waals surface area contributed by atoms with Crippen molar-refractivity contribution in [1.29, 1.82) is 0 Å². The number of methoxy groups -OCH3 is 1. The second-order valence-corrected chi connectivity index (χ2v) is 18.2. The fourth-order valence-corrected chi connectivity index (χ4v) is 7.63. The molecule has 0 saturated carbocycles. The van der Waals surface area contributed by atoms with Crippen molar-refractivity contribution in [3.05, 3.63) is 121 Å². The van der Waals surface area contributed by atoms with Crippen LogP contribution in [0.5, 0.6) is 5.75 Å². The zero-order chi connectivity index (χ0) is 31.8. The summed E-state index contributed by atoms with van der Waals surface area (Å²) in [6.07, 6.45) is 3.81. The van der Waals surface area contributed by atoms with Crippen LogP contribution in [0.2, 0.25) is 19.6 Å². The molecule has 4 aromatic carbocycles. The van der Waals surface area contributed by atoms with E-state index < -0.39 is 14.0 Å². The first-order valence-corrected chi connectivity index (χ1v) is 19.1. The number of pyridine rings is 2. The smallest absolute Gasteiger partial charge is 0.119 e. The van der Waals surface area contributed by atoms with E-state index in [9.17, 15) is 0 Å². The van der Waals surface area contributed by atoms with Gasteiger partial charge in [0.25, 0.3) is 0 Å². The predicted octanol–water partition coefficient (Wildman–Crippen LogP) is 10.3. The summed E-state index contributed by atoms with van der Waals surface area (Å²) in [6.45, 7) is 10.8. The van der Waals surface area contributed by atoms with Gasteiger partial charge in [0.2, 0.25) is 0 Å². The van der Waals surface area contributed by atoms with Crippen molar-refractivity contribution in [2.45, 2.75) is 39.4 Å². The summed E-state index contributed by atoms with van der Waals surface area (Å²) in [5.41, 5.74) is 4.88. The molecule has 0 unspecified atom stereocenters. The maximum Gasteiger partial charge on any atom is 0.119 e. The number of ether oxygens (including phenoxy) is 1. The Balaban J connectivity index is 0.000000209. The zero-order valence-electron chi connectivity index (χ0n) is 27.4. The van der Waals surface area contributed by atoms with E-state index in [1.807, 2.05) is 68.6 Å². The number of rotatable bonds is 5. The van der Waals surface area contributed by atoms with Crippen molar-refractivity contribution < 1.29 is 26.2 Å². The maximum absolute atomic E-state index is 8.36. The first kappa shape index (κ1) is 31.3. The van der Waals surface area contributed by atoms with Gasteiger partial charge >= 0.3 is 0 Å². The third-order valence-corrected chi connectivity index (χ3v) is 11.1. The summed E-state index contributed by atoms with van der Waals surface area (Å²) < 4.78 is 16.2. The van der Waals surface area contributed by atoms with Gasteiger partial charge in [-0.2, -0.15) is 11.3 Å². The van der Waals surface area contributed by atoms with Crippen molar-refractivity contribution in [1.82, 2.24) is 9.97 Å². The fourth-order valence-electron chi connectivity index (χ4n) is 5.25. The molecule has 0 aliphatic carbocycles. The van der Waals surface area contributed by atoms with Crippen LogP contribution in [0.1, 0.15) is 26.7 Å². The van der Waals surface area contributed by atoms with Crippen LogP contribution >= 0.6 is 11.3 Å². The second-order valence-electron chi connectivity index (χ2n) is 12.1. The molecule has 7 aromatic rings. The van der Waals surface area contributed by atoms with Crippen LogP contribution in [0.3, 0.4) is 0 Å². The number of hydrogen-bond donors (Lipinski definition) is 0. The van der Waals surface area contributed by atoms with Crippen LogP contribution in [0.4, 0.5) is 0 Å². The molecule has 0 bridgehead atoms. The standard InChI is InChI=1S/C25H20NOS.C14H16NSi.Ir/c1-15(2)16-11-12-26-23(14-16)22-6-4-5-20-21-9-7-17-13-18(27-3)8-10-19(17)24(21)28-25(20)22;1-16(2,3)13-9-10-14(15-11-13)12-7-5-4-6-8-12;/h4-5,7-15H,1-3H3;4-7,9-11H,1-3H3;/q2*-1;/i15D;;. The van der Waals surface area contributed by atoms with Gasteiger partial charge in [-0.05, 0) is 67.6 Å². The Labute approximate surface area is 286 Å². The number of fused-ring (bicyclic) bond motifs is 5. The molecule has 0 amide bonds. The molecule has 0 spiro atoms. The fraction of sp³-hybridized carbons (Fsp3) is 0.179.